The number of benzene rings is 3. The minimum absolute atomic E-state index is 0.116. The molecule has 3 N–H and O–H groups in total. The number of nitrogens with zero attached hydrogens (tertiary/aromatic N) is 3. The molecule has 11 nitrogen and oxygen atoms in total. The summed E-state index contributed by atoms with van der Waals surface area (Å²) in [5.74, 6) is -0.641. The van der Waals surface area contributed by atoms with E-state index in [9.17, 15) is 18.0 Å². The molecule has 3 aromatic carbocycles. The molecule has 0 bridgehead atoms. The van der Waals surface area contributed by atoms with Crippen LogP contribution in [0.4, 0.5) is 17.1 Å². The Morgan fingerprint density at radius 2 is 1.68 bits per heavy atom. The normalized spacial score (nSPS) is 14.9. The van der Waals surface area contributed by atoms with E-state index in [1.165, 1.54) is 16.4 Å². The van der Waals surface area contributed by atoms with Crippen LogP contribution >= 0.6 is 0 Å². The first-order chi connectivity index (χ1) is 19.6. The monoisotopic (exact) mass is 576 g/mol. The quantitative estimate of drug-likeness (QED) is 0.292. The molecule has 0 saturated carbocycles. The molecule has 1 aliphatic heterocycles. The SMILES string of the molecule is Cc1cc(NC(=O)c2nn(C)c3ccccc23)ccc1NC(C)C(=O)Nc1cccc(S(=O)(=O)N2CCOCC2)c1. The Kier molecular flexibility index (Phi) is 8.06. The van der Waals surface area contributed by atoms with Crippen LogP contribution in [0.25, 0.3) is 10.9 Å². The second-order valence-corrected chi connectivity index (χ2v) is 11.8. The zero-order valence-electron chi connectivity index (χ0n) is 23.0. The molecule has 1 aliphatic rings. The highest BCUT2D eigenvalue weighted by Gasteiger charge is 2.27. The van der Waals surface area contributed by atoms with E-state index in [2.05, 4.69) is 21.0 Å². The van der Waals surface area contributed by atoms with Gasteiger partial charge in [-0.2, -0.15) is 9.40 Å². The molecule has 2 heterocycles. The molecular weight excluding hydrogens is 544 g/mol. The maximum atomic E-state index is 13.0. The Hall–Kier alpha value is -4.26. The number of hydrogen-bond donors (Lipinski definition) is 3. The smallest absolute Gasteiger partial charge is 0.276 e. The molecule has 1 saturated heterocycles. The number of aromatic nitrogens is 2. The van der Waals surface area contributed by atoms with Crippen LogP contribution < -0.4 is 16.0 Å². The Morgan fingerprint density at radius 1 is 0.951 bits per heavy atom. The van der Waals surface area contributed by atoms with Crippen molar-refractivity contribution >= 4 is 49.8 Å². The molecule has 41 heavy (non-hydrogen) atoms. The van der Waals surface area contributed by atoms with Crippen molar-refractivity contribution in [3.63, 3.8) is 0 Å². The zero-order chi connectivity index (χ0) is 29.1. The lowest BCUT2D eigenvalue weighted by molar-refractivity contribution is -0.116. The minimum atomic E-state index is -3.68. The number of carbonyl (C=O) groups is 2. The Balaban J connectivity index is 1.22. The fourth-order valence-corrected chi connectivity index (χ4v) is 6.15. The standard InChI is InChI=1S/C29H32N6O5S/c1-19-17-22(32-29(37)27-24-9-4-5-10-26(24)34(3)33-27)11-12-25(19)30-20(2)28(36)31-21-7-6-8-23(18-21)41(38,39)35-13-15-40-16-14-35/h4-12,17-18,20,30H,13-16H2,1-3H3,(H,31,36)(H,32,37). The second-order valence-electron chi connectivity index (χ2n) is 9.87. The van der Waals surface area contributed by atoms with Crippen molar-refractivity contribution in [3.8, 4) is 0 Å². The van der Waals surface area contributed by atoms with E-state index in [1.54, 1.807) is 42.9 Å². The molecule has 4 aromatic rings. The summed E-state index contributed by atoms with van der Waals surface area (Å²) >= 11 is 0. The predicted octanol–water partition coefficient (Wildman–Crippen LogP) is 3.59. The third-order valence-corrected chi connectivity index (χ3v) is 8.83. The summed E-state index contributed by atoms with van der Waals surface area (Å²) in [7, 11) is -1.89. The Morgan fingerprint density at radius 3 is 2.44 bits per heavy atom. The molecule has 1 fully saturated rings. The van der Waals surface area contributed by atoms with Crippen LogP contribution in [-0.4, -0.2) is 66.7 Å². The van der Waals surface area contributed by atoms with Crippen LogP contribution in [0.1, 0.15) is 23.0 Å². The lowest BCUT2D eigenvalue weighted by atomic mass is 10.1. The number of ether oxygens (including phenoxy) is 1. The van der Waals surface area contributed by atoms with E-state index < -0.39 is 16.1 Å². The molecule has 12 heteroatoms. The van der Waals surface area contributed by atoms with Crippen molar-refractivity contribution in [3.05, 3.63) is 78.0 Å². The van der Waals surface area contributed by atoms with Crippen LogP contribution in [0.2, 0.25) is 0 Å². The maximum absolute atomic E-state index is 13.0. The van der Waals surface area contributed by atoms with Gasteiger partial charge in [-0.05, 0) is 61.9 Å². The number of rotatable bonds is 8. The first kappa shape index (κ1) is 28.3. The van der Waals surface area contributed by atoms with E-state index in [4.69, 9.17) is 4.74 Å². The number of aryl methyl sites for hydroxylation is 2. The molecule has 214 valence electrons. The predicted molar refractivity (Wildman–Crippen MR) is 158 cm³/mol. The van der Waals surface area contributed by atoms with Gasteiger partial charge in [0.05, 0.1) is 23.6 Å². The molecule has 0 spiro atoms. The van der Waals surface area contributed by atoms with Gasteiger partial charge in [0, 0.05) is 42.6 Å². The average molecular weight is 577 g/mol. The Bertz CT molecular complexity index is 1710. The van der Waals surface area contributed by atoms with Gasteiger partial charge < -0.3 is 20.7 Å². The first-order valence-corrected chi connectivity index (χ1v) is 14.7. The minimum Gasteiger partial charge on any atom is -0.379 e. The van der Waals surface area contributed by atoms with Crippen LogP contribution in [0.3, 0.4) is 0 Å². The van der Waals surface area contributed by atoms with Gasteiger partial charge in [0.25, 0.3) is 5.91 Å². The molecule has 0 radical (unpaired) electrons. The summed E-state index contributed by atoms with van der Waals surface area (Å²) in [5, 5.41) is 14.0. The van der Waals surface area contributed by atoms with Gasteiger partial charge in [0.15, 0.2) is 5.69 Å². The fraction of sp³-hybridized carbons (Fsp3) is 0.276. The van der Waals surface area contributed by atoms with Crippen LogP contribution in [-0.2, 0) is 26.6 Å². The largest absolute Gasteiger partial charge is 0.379 e. The zero-order valence-corrected chi connectivity index (χ0v) is 23.9. The van der Waals surface area contributed by atoms with Crippen LogP contribution in [0, 0.1) is 6.92 Å². The first-order valence-electron chi connectivity index (χ1n) is 13.2. The number of para-hydroxylation sites is 1. The molecule has 1 aromatic heterocycles. The molecule has 0 aliphatic carbocycles. The topological polar surface area (TPSA) is 135 Å². The third-order valence-electron chi connectivity index (χ3n) is 6.93. The van der Waals surface area contributed by atoms with Crippen molar-refractivity contribution in [2.24, 2.45) is 7.05 Å². The van der Waals surface area contributed by atoms with Gasteiger partial charge in [-0.3, -0.25) is 14.3 Å². The number of fused-ring (bicyclic) bond motifs is 1. The van der Waals surface area contributed by atoms with E-state index in [-0.39, 0.29) is 16.7 Å². The van der Waals surface area contributed by atoms with Gasteiger partial charge in [0.1, 0.15) is 6.04 Å². The van der Waals surface area contributed by atoms with Gasteiger partial charge in [-0.25, -0.2) is 8.42 Å². The van der Waals surface area contributed by atoms with E-state index in [0.29, 0.717) is 43.4 Å². The number of nitrogens with one attached hydrogen (secondary N) is 3. The second kappa shape index (κ2) is 11.7. The van der Waals surface area contributed by atoms with Crippen molar-refractivity contribution < 1.29 is 22.7 Å². The van der Waals surface area contributed by atoms with E-state index >= 15 is 0 Å². The molecule has 5 rings (SSSR count). The van der Waals surface area contributed by atoms with Gasteiger partial charge in [-0.15, -0.1) is 0 Å². The maximum Gasteiger partial charge on any atom is 0.276 e. The van der Waals surface area contributed by atoms with Gasteiger partial charge in [0.2, 0.25) is 15.9 Å². The number of carbonyl (C=O) groups excluding carboxylic acids is 2. The third kappa shape index (κ3) is 6.09. The van der Waals surface area contributed by atoms with Crippen molar-refractivity contribution in [1.29, 1.82) is 0 Å². The number of sulfonamides is 1. The lowest BCUT2D eigenvalue weighted by Crippen LogP contribution is -2.40. The highest BCUT2D eigenvalue weighted by Crippen LogP contribution is 2.24. The number of morpholine rings is 1. The number of hydrogen-bond acceptors (Lipinski definition) is 7. The van der Waals surface area contributed by atoms with Crippen molar-refractivity contribution in [1.82, 2.24) is 14.1 Å². The summed E-state index contributed by atoms with van der Waals surface area (Å²) in [6.45, 7) is 4.88. The van der Waals surface area contributed by atoms with Crippen LogP contribution in [0.15, 0.2) is 71.6 Å². The number of anilines is 3. The highest BCUT2D eigenvalue weighted by molar-refractivity contribution is 7.89. The average Bonchev–Trinajstić information content (AvgIpc) is 3.31. The van der Waals surface area contributed by atoms with Crippen molar-refractivity contribution in [2.45, 2.75) is 24.8 Å². The van der Waals surface area contributed by atoms with Gasteiger partial charge in [-0.1, -0.05) is 24.3 Å². The highest BCUT2D eigenvalue weighted by atomic mass is 32.2. The summed E-state index contributed by atoms with van der Waals surface area (Å²) < 4.78 is 34.3. The van der Waals surface area contributed by atoms with E-state index in [0.717, 1.165) is 22.2 Å². The summed E-state index contributed by atoms with van der Waals surface area (Å²) in [6.07, 6.45) is 0. The molecular formula is C29H32N6O5S. The lowest BCUT2D eigenvalue weighted by Gasteiger charge is -2.26. The molecule has 2 amide bonds. The van der Waals surface area contributed by atoms with E-state index in [1.807, 2.05) is 37.3 Å². The van der Waals surface area contributed by atoms with Crippen LogP contribution in [0.5, 0.6) is 0 Å². The van der Waals surface area contributed by atoms with Crippen molar-refractivity contribution in [2.75, 3.05) is 42.3 Å². The molecule has 1 unspecified atom stereocenters. The molecule has 1 atom stereocenters. The Labute approximate surface area is 238 Å². The number of amides is 2. The summed E-state index contributed by atoms with van der Waals surface area (Å²) in [5.41, 5.74) is 3.74. The summed E-state index contributed by atoms with van der Waals surface area (Å²) in [4.78, 5) is 26.0. The van der Waals surface area contributed by atoms with Gasteiger partial charge >= 0.3 is 0 Å². The summed E-state index contributed by atoms with van der Waals surface area (Å²) in [6, 6.07) is 18.5. The fourth-order valence-electron chi connectivity index (χ4n) is 4.69.